The summed E-state index contributed by atoms with van der Waals surface area (Å²) in [5.41, 5.74) is 1.30. The lowest BCUT2D eigenvalue weighted by Crippen LogP contribution is -2.32. The van der Waals surface area contributed by atoms with E-state index >= 15 is 0 Å². The molecule has 2 atom stereocenters. The van der Waals surface area contributed by atoms with E-state index in [2.05, 4.69) is 31.0 Å². The first-order valence-corrected chi connectivity index (χ1v) is 6.86. The minimum Gasteiger partial charge on any atom is -0.299 e. The Morgan fingerprint density at radius 3 is 2.47 bits per heavy atom. The van der Waals surface area contributed by atoms with Gasteiger partial charge in [0.25, 0.3) is 0 Å². The third-order valence-electron chi connectivity index (χ3n) is 2.50. The maximum Gasteiger partial charge on any atom is 0.0385 e. The highest BCUT2D eigenvalue weighted by Crippen LogP contribution is 2.06. The Balaban J connectivity index is 2.48. The van der Waals surface area contributed by atoms with Crippen molar-refractivity contribution >= 4 is 10.8 Å². The Hall–Kier alpha value is -0.670. The van der Waals surface area contributed by atoms with Crippen LogP contribution in [0.3, 0.4) is 0 Å². The minimum absolute atomic E-state index is 0.357. The average molecular weight is 225 g/mol. The van der Waals surface area contributed by atoms with E-state index in [4.69, 9.17) is 0 Å². The largest absolute Gasteiger partial charge is 0.299 e. The molecular formula is C12H19NOS. The SMILES string of the molecule is C[C@H](C[S@@](C)=O)N(C)Cc1ccccc1. The van der Waals surface area contributed by atoms with Gasteiger partial charge < -0.3 is 0 Å². The Morgan fingerprint density at radius 1 is 1.33 bits per heavy atom. The van der Waals surface area contributed by atoms with Gasteiger partial charge in [-0.3, -0.25) is 9.11 Å². The monoisotopic (exact) mass is 225 g/mol. The maximum absolute atomic E-state index is 11.1. The Bertz CT molecular complexity index is 313. The fraction of sp³-hybridized carbons (Fsp3) is 0.500. The molecule has 0 aliphatic heterocycles. The highest BCUT2D eigenvalue weighted by atomic mass is 32.2. The van der Waals surface area contributed by atoms with E-state index in [-0.39, 0.29) is 0 Å². The van der Waals surface area contributed by atoms with Gasteiger partial charge >= 0.3 is 0 Å². The molecular weight excluding hydrogens is 206 g/mol. The van der Waals surface area contributed by atoms with Crippen molar-refractivity contribution in [3.63, 3.8) is 0 Å². The summed E-state index contributed by atoms with van der Waals surface area (Å²) in [5, 5.41) is 0. The van der Waals surface area contributed by atoms with Crippen LogP contribution >= 0.6 is 0 Å². The lowest BCUT2D eigenvalue weighted by Gasteiger charge is -2.23. The molecule has 0 fully saturated rings. The summed E-state index contributed by atoms with van der Waals surface area (Å²) in [7, 11) is 1.36. The molecule has 0 N–H and O–H groups in total. The zero-order valence-electron chi connectivity index (χ0n) is 9.64. The zero-order chi connectivity index (χ0) is 11.3. The molecule has 2 nitrogen and oxygen atoms in total. The van der Waals surface area contributed by atoms with Crippen molar-refractivity contribution in [2.24, 2.45) is 0 Å². The van der Waals surface area contributed by atoms with Crippen molar-refractivity contribution < 1.29 is 4.21 Å². The van der Waals surface area contributed by atoms with Crippen LogP contribution in [0.2, 0.25) is 0 Å². The molecule has 0 aromatic heterocycles. The third-order valence-corrected chi connectivity index (χ3v) is 3.45. The van der Waals surface area contributed by atoms with E-state index in [9.17, 15) is 4.21 Å². The minimum atomic E-state index is -0.716. The van der Waals surface area contributed by atoms with E-state index < -0.39 is 10.8 Å². The Labute approximate surface area is 94.8 Å². The molecule has 0 saturated carbocycles. The second kappa shape index (κ2) is 6.03. The molecule has 1 aromatic rings. The van der Waals surface area contributed by atoms with Gasteiger partial charge in [0.2, 0.25) is 0 Å². The first kappa shape index (κ1) is 12.4. The fourth-order valence-electron chi connectivity index (χ4n) is 1.49. The average Bonchev–Trinajstić information content (AvgIpc) is 2.18. The van der Waals surface area contributed by atoms with Crippen LogP contribution in [0.4, 0.5) is 0 Å². The van der Waals surface area contributed by atoms with E-state index in [0.29, 0.717) is 6.04 Å². The van der Waals surface area contributed by atoms with Crippen LogP contribution in [-0.4, -0.2) is 34.2 Å². The predicted molar refractivity (Wildman–Crippen MR) is 66.3 cm³/mol. The van der Waals surface area contributed by atoms with Crippen molar-refractivity contribution in [2.75, 3.05) is 19.1 Å². The van der Waals surface area contributed by atoms with Crippen LogP contribution in [0, 0.1) is 0 Å². The standard InChI is InChI=1S/C12H19NOS/c1-11(10-15(3)14)13(2)9-12-7-5-4-6-8-12/h4-8,11H,9-10H2,1-3H3/t11-,15-/m1/s1. The van der Waals surface area contributed by atoms with Crippen LogP contribution in [0.15, 0.2) is 30.3 Å². The summed E-state index contributed by atoms with van der Waals surface area (Å²) in [6, 6.07) is 10.7. The van der Waals surface area contributed by atoms with Gasteiger partial charge in [0, 0.05) is 35.4 Å². The third kappa shape index (κ3) is 4.58. The molecule has 1 aromatic carbocycles. The first-order valence-electron chi connectivity index (χ1n) is 5.14. The molecule has 0 aliphatic rings. The molecule has 0 saturated heterocycles. The summed E-state index contributed by atoms with van der Waals surface area (Å²) in [4.78, 5) is 2.23. The summed E-state index contributed by atoms with van der Waals surface area (Å²) >= 11 is 0. The summed E-state index contributed by atoms with van der Waals surface area (Å²) in [6.45, 7) is 3.03. The quantitative estimate of drug-likeness (QED) is 0.762. The second-order valence-electron chi connectivity index (χ2n) is 3.99. The highest BCUT2D eigenvalue weighted by molar-refractivity contribution is 7.84. The molecule has 0 unspecified atom stereocenters. The summed E-state index contributed by atoms with van der Waals surface area (Å²) in [6.07, 6.45) is 1.76. The molecule has 3 heteroatoms. The van der Waals surface area contributed by atoms with Gasteiger partial charge in [0.1, 0.15) is 0 Å². The van der Waals surface area contributed by atoms with E-state index in [1.807, 2.05) is 18.2 Å². The molecule has 84 valence electrons. The smallest absolute Gasteiger partial charge is 0.0385 e. The second-order valence-corrected chi connectivity index (χ2v) is 5.47. The van der Waals surface area contributed by atoms with Gasteiger partial charge in [-0.15, -0.1) is 0 Å². The molecule has 15 heavy (non-hydrogen) atoms. The normalized spacial score (nSPS) is 15.2. The maximum atomic E-state index is 11.1. The number of rotatable bonds is 5. The van der Waals surface area contributed by atoms with Crippen molar-refractivity contribution in [1.29, 1.82) is 0 Å². The molecule has 0 heterocycles. The topological polar surface area (TPSA) is 20.3 Å². The molecule has 0 amide bonds. The highest BCUT2D eigenvalue weighted by Gasteiger charge is 2.10. The van der Waals surface area contributed by atoms with Gasteiger partial charge in [0.15, 0.2) is 0 Å². The van der Waals surface area contributed by atoms with Crippen LogP contribution in [0.5, 0.6) is 0 Å². The van der Waals surface area contributed by atoms with Crippen LogP contribution in [0.25, 0.3) is 0 Å². The Kier molecular flexibility index (Phi) is 4.99. The van der Waals surface area contributed by atoms with Gasteiger partial charge in [0.05, 0.1) is 0 Å². The van der Waals surface area contributed by atoms with E-state index in [1.165, 1.54) is 5.56 Å². The number of hydrogen-bond acceptors (Lipinski definition) is 2. The van der Waals surface area contributed by atoms with Crippen LogP contribution < -0.4 is 0 Å². The van der Waals surface area contributed by atoms with E-state index in [1.54, 1.807) is 6.26 Å². The lowest BCUT2D eigenvalue weighted by molar-refractivity contribution is 0.268. The van der Waals surface area contributed by atoms with Crippen LogP contribution in [0.1, 0.15) is 12.5 Å². The predicted octanol–water partition coefficient (Wildman–Crippen LogP) is 1.89. The Morgan fingerprint density at radius 2 is 1.93 bits per heavy atom. The van der Waals surface area contributed by atoms with Crippen LogP contribution in [-0.2, 0) is 17.3 Å². The van der Waals surface area contributed by atoms with Crippen molar-refractivity contribution in [3.8, 4) is 0 Å². The fourth-order valence-corrected chi connectivity index (χ4v) is 2.43. The molecule has 0 bridgehead atoms. The zero-order valence-corrected chi connectivity index (χ0v) is 10.5. The molecule has 0 radical (unpaired) electrons. The van der Waals surface area contributed by atoms with Gasteiger partial charge in [-0.25, -0.2) is 0 Å². The first-order chi connectivity index (χ1) is 7.09. The number of hydrogen-bond donors (Lipinski definition) is 0. The van der Waals surface area contributed by atoms with E-state index in [0.717, 1.165) is 12.3 Å². The summed E-state index contributed by atoms with van der Waals surface area (Å²) < 4.78 is 11.1. The summed E-state index contributed by atoms with van der Waals surface area (Å²) in [5.74, 6) is 0.739. The van der Waals surface area contributed by atoms with Gasteiger partial charge in [-0.1, -0.05) is 30.3 Å². The van der Waals surface area contributed by atoms with Crippen molar-refractivity contribution in [3.05, 3.63) is 35.9 Å². The molecule has 1 rings (SSSR count). The van der Waals surface area contributed by atoms with Gasteiger partial charge in [-0.05, 0) is 19.5 Å². The number of nitrogens with zero attached hydrogens (tertiary/aromatic N) is 1. The number of benzene rings is 1. The van der Waals surface area contributed by atoms with Crippen molar-refractivity contribution in [1.82, 2.24) is 4.90 Å². The lowest BCUT2D eigenvalue weighted by atomic mass is 10.2. The van der Waals surface area contributed by atoms with Crippen molar-refractivity contribution in [2.45, 2.75) is 19.5 Å². The molecule has 0 aliphatic carbocycles. The van der Waals surface area contributed by atoms with Gasteiger partial charge in [-0.2, -0.15) is 0 Å². The molecule has 0 spiro atoms.